The van der Waals surface area contributed by atoms with Crippen molar-refractivity contribution in [3.05, 3.63) is 34.9 Å². The minimum atomic E-state index is 0.137. The van der Waals surface area contributed by atoms with E-state index in [1.54, 1.807) is 13.8 Å². The molecule has 1 amide bonds. The zero-order valence-electron chi connectivity index (χ0n) is 17.2. The molecule has 25 heavy (non-hydrogen) atoms. The molecule has 0 saturated carbocycles. The highest BCUT2D eigenvalue weighted by molar-refractivity contribution is 5.75. The SMILES string of the molecule is CCN(CC(C)=CCCC(C)=CCCC(C)=CCCC(C)=O)C(C)=O. The molecule has 0 unspecified atom stereocenters. The Balaban J connectivity index is 4.14. The number of amides is 1. The van der Waals surface area contributed by atoms with Gasteiger partial charge in [0.05, 0.1) is 0 Å². The van der Waals surface area contributed by atoms with E-state index in [2.05, 4.69) is 39.0 Å². The lowest BCUT2D eigenvalue weighted by molar-refractivity contribution is -0.128. The van der Waals surface area contributed by atoms with E-state index in [4.69, 9.17) is 0 Å². The molecule has 0 aliphatic rings. The summed E-state index contributed by atoms with van der Waals surface area (Å²) in [6, 6.07) is 0. The van der Waals surface area contributed by atoms with Gasteiger partial charge in [-0.15, -0.1) is 0 Å². The van der Waals surface area contributed by atoms with E-state index in [0.29, 0.717) is 6.42 Å². The van der Waals surface area contributed by atoms with Gasteiger partial charge in [-0.2, -0.15) is 0 Å². The molecule has 3 heteroatoms. The first-order chi connectivity index (χ1) is 11.8. The number of nitrogens with zero attached hydrogens (tertiary/aromatic N) is 1. The first kappa shape index (κ1) is 23.4. The fourth-order valence-corrected chi connectivity index (χ4v) is 2.63. The Hall–Kier alpha value is -1.64. The van der Waals surface area contributed by atoms with Gasteiger partial charge in [0.15, 0.2) is 0 Å². The molecule has 0 heterocycles. The summed E-state index contributed by atoms with van der Waals surface area (Å²) in [4.78, 5) is 24.2. The zero-order chi connectivity index (χ0) is 19.2. The van der Waals surface area contributed by atoms with Crippen molar-refractivity contribution in [3.63, 3.8) is 0 Å². The van der Waals surface area contributed by atoms with Crippen LogP contribution in [0, 0.1) is 0 Å². The first-order valence-electron chi connectivity index (χ1n) is 9.48. The van der Waals surface area contributed by atoms with Gasteiger partial charge in [-0.25, -0.2) is 0 Å². The molecule has 0 radical (unpaired) electrons. The molecule has 0 aromatic heterocycles. The summed E-state index contributed by atoms with van der Waals surface area (Å²) in [5.74, 6) is 0.395. The molecule has 0 atom stereocenters. The third kappa shape index (κ3) is 13.3. The molecular weight excluding hydrogens is 310 g/mol. The van der Waals surface area contributed by atoms with Crippen LogP contribution < -0.4 is 0 Å². The number of hydrogen-bond acceptors (Lipinski definition) is 2. The Bertz CT molecular complexity index is 512. The summed E-state index contributed by atoms with van der Waals surface area (Å²) in [6.07, 6.45) is 12.5. The van der Waals surface area contributed by atoms with E-state index in [1.165, 1.54) is 16.7 Å². The Kier molecular flexibility index (Phi) is 12.7. The molecule has 0 saturated heterocycles. The molecule has 0 aliphatic heterocycles. The third-order valence-corrected chi connectivity index (χ3v) is 4.32. The molecular formula is C22H37NO2. The van der Waals surface area contributed by atoms with Gasteiger partial charge >= 0.3 is 0 Å². The number of likely N-dealkylation sites (N-methyl/N-ethyl adjacent to an activating group) is 1. The third-order valence-electron chi connectivity index (χ3n) is 4.32. The number of carbonyl (C=O) groups excluding carboxylic acids is 2. The molecule has 142 valence electrons. The monoisotopic (exact) mass is 347 g/mol. The van der Waals surface area contributed by atoms with Crippen LogP contribution in [0.1, 0.15) is 80.1 Å². The predicted octanol–water partition coefficient (Wildman–Crippen LogP) is 5.62. The summed E-state index contributed by atoms with van der Waals surface area (Å²) in [7, 11) is 0. The summed E-state index contributed by atoms with van der Waals surface area (Å²) in [5.41, 5.74) is 4.04. The number of ketones is 1. The lowest BCUT2D eigenvalue weighted by Crippen LogP contribution is -2.29. The molecule has 0 rings (SSSR count). The number of carbonyl (C=O) groups is 2. The van der Waals surface area contributed by atoms with Crippen LogP contribution in [0.25, 0.3) is 0 Å². The summed E-state index contributed by atoms with van der Waals surface area (Å²) < 4.78 is 0. The largest absolute Gasteiger partial charge is 0.339 e. The van der Waals surface area contributed by atoms with Crippen LogP contribution in [0.3, 0.4) is 0 Å². The highest BCUT2D eigenvalue weighted by atomic mass is 16.2. The van der Waals surface area contributed by atoms with Gasteiger partial charge in [0.1, 0.15) is 5.78 Å². The lowest BCUT2D eigenvalue weighted by Gasteiger charge is -2.19. The molecule has 0 aliphatic carbocycles. The second-order valence-corrected chi connectivity index (χ2v) is 7.00. The quantitative estimate of drug-likeness (QED) is 0.429. The smallest absolute Gasteiger partial charge is 0.219 e. The topological polar surface area (TPSA) is 37.4 Å². The van der Waals surface area contributed by atoms with E-state index in [1.807, 2.05) is 11.8 Å². The molecule has 0 aromatic rings. The summed E-state index contributed by atoms with van der Waals surface area (Å²) in [6.45, 7) is 13.2. The maximum Gasteiger partial charge on any atom is 0.219 e. The van der Waals surface area contributed by atoms with Crippen LogP contribution in [0.2, 0.25) is 0 Å². The second kappa shape index (κ2) is 13.6. The number of rotatable bonds is 12. The lowest BCUT2D eigenvalue weighted by atomic mass is 10.1. The van der Waals surface area contributed by atoms with Gasteiger partial charge in [0, 0.05) is 26.4 Å². The Morgan fingerprint density at radius 3 is 1.56 bits per heavy atom. The van der Waals surface area contributed by atoms with Crippen molar-refractivity contribution >= 4 is 11.7 Å². The van der Waals surface area contributed by atoms with E-state index < -0.39 is 0 Å². The normalized spacial score (nSPS) is 13.1. The van der Waals surface area contributed by atoms with Gasteiger partial charge in [0.2, 0.25) is 5.91 Å². The van der Waals surface area contributed by atoms with Crippen LogP contribution in [0.15, 0.2) is 34.9 Å². The maximum absolute atomic E-state index is 11.4. The number of hydrogen-bond donors (Lipinski definition) is 0. The highest BCUT2D eigenvalue weighted by Gasteiger charge is 2.05. The molecule has 0 bridgehead atoms. The summed E-state index contributed by atoms with van der Waals surface area (Å²) in [5, 5.41) is 0. The minimum absolute atomic E-state index is 0.137. The zero-order valence-corrected chi connectivity index (χ0v) is 17.2. The predicted molar refractivity (Wildman–Crippen MR) is 108 cm³/mol. The second-order valence-electron chi connectivity index (χ2n) is 7.00. The maximum atomic E-state index is 11.4. The molecule has 0 aromatic carbocycles. The van der Waals surface area contributed by atoms with E-state index in [0.717, 1.165) is 45.2 Å². The number of Topliss-reactive ketones (excluding diaryl/α,β-unsaturated/α-hetero) is 1. The average molecular weight is 348 g/mol. The van der Waals surface area contributed by atoms with Gasteiger partial charge in [-0.05, 0) is 66.7 Å². The van der Waals surface area contributed by atoms with Gasteiger partial charge < -0.3 is 9.69 Å². The van der Waals surface area contributed by atoms with Crippen molar-refractivity contribution in [2.45, 2.75) is 80.1 Å². The highest BCUT2D eigenvalue weighted by Crippen LogP contribution is 2.12. The van der Waals surface area contributed by atoms with Crippen molar-refractivity contribution in [1.82, 2.24) is 4.90 Å². The fourth-order valence-electron chi connectivity index (χ4n) is 2.63. The van der Waals surface area contributed by atoms with Crippen LogP contribution in [0.4, 0.5) is 0 Å². The Morgan fingerprint density at radius 1 is 0.720 bits per heavy atom. The molecule has 0 fully saturated rings. The molecule has 0 spiro atoms. The van der Waals surface area contributed by atoms with Gasteiger partial charge in [-0.3, -0.25) is 4.79 Å². The van der Waals surface area contributed by atoms with Gasteiger partial charge in [0.25, 0.3) is 0 Å². The first-order valence-corrected chi connectivity index (χ1v) is 9.48. The van der Waals surface area contributed by atoms with E-state index in [9.17, 15) is 9.59 Å². The van der Waals surface area contributed by atoms with Crippen molar-refractivity contribution < 1.29 is 9.59 Å². The standard InChI is InChI=1S/C22H37NO2/c1-7-23(22(6)25)17-20(4)15-9-13-18(2)11-8-12-19(3)14-10-16-21(5)24/h11,14-15H,7-10,12-13,16-17H2,1-6H3. The van der Waals surface area contributed by atoms with Crippen molar-refractivity contribution in [2.75, 3.05) is 13.1 Å². The van der Waals surface area contributed by atoms with Crippen LogP contribution in [-0.4, -0.2) is 29.7 Å². The summed E-state index contributed by atoms with van der Waals surface area (Å²) >= 11 is 0. The van der Waals surface area contributed by atoms with Crippen LogP contribution >= 0.6 is 0 Å². The van der Waals surface area contributed by atoms with E-state index >= 15 is 0 Å². The molecule has 0 N–H and O–H groups in total. The van der Waals surface area contributed by atoms with Crippen LogP contribution in [0.5, 0.6) is 0 Å². The molecule has 3 nitrogen and oxygen atoms in total. The fraction of sp³-hybridized carbons (Fsp3) is 0.636. The van der Waals surface area contributed by atoms with Gasteiger partial charge in [-0.1, -0.05) is 34.9 Å². The Labute approximate surface area is 154 Å². The van der Waals surface area contributed by atoms with Crippen molar-refractivity contribution in [3.8, 4) is 0 Å². The Morgan fingerprint density at radius 2 is 1.16 bits per heavy atom. The number of allylic oxidation sites excluding steroid dienone is 5. The van der Waals surface area contributed by atoms with Crippen LogP contribution in [-0.2, 0) is 9.59 Å². The average Bonchev–Trinajstić information content (AvgIpc) is 2.51. The van der Waals surface area contributed by atoms with Crippen molar-refractivity contribution in [2.24, 2.45) is 0 Å². The van der Waals surface area contributed by atoms with Crippen molar-refractivity contribution in [1.29, 1.82) is 0 Å². The minimum Gasteiger partial charge on any atom is -0.339 e. The van der Waals surface area contributed by atoms with E-state index in [-0.39, 0.29) is 11.7 Å².